The van der Waals surface area contributed by atoms with Crippen LogP contribution < -0.4 is 5.73 Å². The molecule has 3 N–H and O–H groups in total. The summed E-state index contributed by atoms with van der Waals surface area (Å²) < 4.78 is 15.4. The van der Waals surface area contributed by atoms with Gasteiger partial charge in [-0.3, -0.25) is 0 Å². The minimum atomic E-state index is -0.871. The molecular weight excluding hydrogens is 221 g/mol. The molecule has 17 heavy (non-hydrogen) atoms. The maximum atomic E-state index is 13.6. The standard InChI is InChI=1S/C12H16FN3O/c1-7(2)16-9-5-3-4-8(13)11(9)15-12(16)10(17)6-14/h3-5,7,10,17H,6,14H2,1-2H3. The molecule has 0 amide bonds. The number of halogens is 1. The minimum Gasteiger partial charge on any atom is -0.384 e. The minimum absolute atomic E-state index is 0.0671. The average molecular weight is 237 g/mol. The Bertz CT molecular complexity index is 536. The van der Waals surface area contributed by atoms with Gasteiger partial charge in [-0.2, -0.15) is 0 Å². The smallest absolute Gasteiger partial charge is 0.151 e. The van der Waals surface area contributed by atoms with E-state index in [0.29, 0.717) is 11.3 Å². The number of imidazole rings is 1. The summed E-state index contributed by atoms with van der Waals surface area (Å²) in [5.74, 6) is 0.0370. The lowest BCUT2D eigenvalue weighted by Crippen LogP contribution is -2.17. The number of rotatable bonds is 3. The van der Waals surface area contributed by atoms with E-state index in [1.54, 1.807) is 12.1 Å². The molecule has 92 valence electrons. The van der Waals surface area contributed by atoms with E-state index in [9.17, 15) is 9.50 Å². The van der Waals surface area contributed by atoms with Gasteiger partial charge in [0.15, 0.2) is 5.82 Å². The first-order valence-electron chi connectivity index (χ1n) is 5.60. The molecule has 5 heteroatoms. The van der Waals surface area contributed by atoms with Gasteiger partial charge in [0.05, 0.1) is 5.52 Å². The van der Waals surface area contributed by atoms with Crippen molar-refractivity contribution in [2.75, 3.05) is 6.54 Å². The third kappa shape index (κ3) is 1.92. The van der Waals surface area contributed by atoms with E-state index in [1.807, 2.05) is 18.4 Å². The summed E-state index contributed by atoms with van der Waals surface area (Å²) in [6.07, 6.45) is -0.871. The van der Waals surface area contributed by atoms with Crippen LogP contribution >= 0.6 is 0 Å². The van der Waals surface area contributed by atoms with Crippen molar-refractivity contribution in [3.8, 4) is 0 Å². The molecule has 1 heterocycles. The van der Waals surface area contributed by atoms with Crippen molar-refractivity contribution < 1.29 is 9.50 Å². The number of benzene rings is 1. The Hall–Kier alpha value is -1.46. The molecule has 0 aliphatic rings. The number of aliphatic hydroxyl groups is 1. The number of nitrogens with two attached hydrogens (primary N) is 1. The first-order chi connectivity index (χ1) is 8.06. The fourth-order valence-corrected chi connectivity index (χ4v) is 1.98. The fraction of sp³-hybridized carbons (Fsp3) is 0.417. The quantitative estimate of drug-likeness (QED) is 0.854. The molecule has 0 spiro atoms. The first kappa shape index (κ1) is 12.0. The van der Waals surface area contributed by atoms with Gasteiger partial charge < -0.3 is 15.4 Å². The van der Waals surface area contributed by atoms with Crippen molar-refractivity contribution in [2.24, 2.45) is 5.73 Å². The molecule has 0 aliphatic carbocycles. The molecule has 2 aromatic rings. The van der Waals surface area contributed by atoms with E-state index in [4.69, 9.17) is 5.73 Å². The van der Waals surface area contributed by atoms with Crippen LogP contribution in [0.15, 0.2) is 18.2 Å². The largest absolute Gasteiger partial charge is 0.384 e. The summed E-state index contributed by atoms with van der Waals surface area (Å²) in [4.78, 5) is 4.16. The lowest BCUT2D eigenvalue weighted by Gasteiger charge is -2.15. The number of aliphatic hydroxyl groups excluding tert-OH is 1. The zero-order chi connectivity index (χ0) is 12.6. The second kappa shape index (κ2) is 4.43. The van der Waals surface area contributed by atoms with Crippen LogP contribution in [0.25, 0.3) is 11.0 Å². The summed E-state index contributed by atoms with van der Waals surface area (Å²) in [6, 6.07) is 4.87. The summed E-state index contributed by atoms with van der Waals surface area (Å²) in [5, 5.41) is 9.82. The molecule has 0 fully saturated rings. The van der Waals surface area contributed by atoms with Crippen LogP contribution in [0.2, 0.25) is 0 Å². The Labute approximate surface area is 98.9 Å². The van der Waals surface area contributed by atoms with Crippen molar-refractivity contribution in [2.45, 2.75) is 26.0 Å². The number of aromatic nitrogens is 2. The van der Waals surface area contributed by atoms with Gasteiger partial charge in [-0.25, -0.2) is 9.37 Å². The van der Waals surface area contributed by atoms with E-state index in [-0.39, 0.29) is 23.9 Å². The number of hydrogen-bond acceptors (Lipinski definition) is 3. The lowest BCUT2D eigenvalue weighted by molar-refractivity contribution is 0.170. The molecule has 0 saturated carbocycles. The average Bonchev–Trinajstić information content (AvgIpc) is 2.68. The number of para-hydroxylation sites is 1. The van der Waals surface area contributed by atoms with Crippen molar-refractivity contribution in [3.05, 3.63) is 29.8 Å². The summed E-state index contributed by atoms with van der Waals surface area (Å²) in [6.45, 7) is 3.98. The molecule has 4 nitrogen and oxygen atoms in total. The lowest BCUT2D eigenvalue weighted by atomic mass is 10.2. The van der Waals surface area contributed by atoms with Crippen molar-refractivity contribution >= 4 is 11.0 Å². The topological polar surface area (TPSA) is 64.1 Å². The van der Waals surface area contributed by atoms with Gasteiger partial charge in [-0.1, -0.05) is 6.07 Å². The highest BCUT2D eigenvalue weighted by atomic mass is 19.1. The van der Waals surface area contributed by atoms with Crippen LogP contribution in [0.3, 0.4) is 0 Å². The van der Waals surface area contributed by atoms with E-state index < -0.39 is 6.10 Å². The number of fused-ring (bicyclic) bond motifs is 1. The zero-order valence-corrected chi connectivity index (χ0v) is 9.89. The summed E-state index contributed by atoms with van der Waals surface area (Å²) in [7, 11) is 0. The molecular formula is C12H16FN3O. The van der Waals surface area contributed by atoms with Gasteiger partial charge in [0, 0.05) is 12.6 Å². The Kier molecular flexibility index (Phi) is 3.13. The highest BCUT2D eigenvalue weighted by Gasteiger charge is 2.20. The molecule has 2 rings (SSSR count). The van der Waals surface area contributed by atoms with Gasteiger partial charge >= 0.3 is 0 Å². The third-order valence-corrected chi connectivity index (χ3v) is 2.74. The SMILES string of the molecule is CC(C)n1c(C(O)CN)nc2c(F)cccc21. The maximum Gasteiger partial charge on any atom is 0.151 e. The normalized spacial score (nSPS) is 13.5. The van der Waals surface area contributed by atoms with Crippen LogP contribution in [0, 0.1) is 5.82 Å². The summed E-state index contributed by atoms with van der Waals surface area (Å²) in [5.41, 5.74) is 6.40. The van der Waals surface area contributed by atoms with Crippen LogP contribution in [-0.4, -0.2) is 21.2 Å². The van der Waals surface area contributed by atoms with Crippen LogP contribution in [0.1, 0.15) is 31.8 Å². The molecule has 0 saturated heterocycles. The Morgan fingerprint density at radius 2 is 2.18 bits per heavy atom. The van der Waals surface area contributed by atoms with Gasteiger partial charge in [-0.05, 0) is 26.0 Å². The highest BCUT2D eigenvalue weighted by molar-refractivity contribution is 5.77. The highest BCUT2D eigenvalue weighted by Crippen LogP contribution is 2.26. The summed E-state index contributed by atoms with van der Waals surface area (Å²) >= 11 is 0. The Morgan fingerprint density at radius 3 is 2.76 bits per heavy atom. The molecule has 1 unspecified atom stereocenters. The maximum absolute atomic E-state index is 13.6. The zero-order valence-electron chi connectivity index (χ0n) is 9.89. The van der Waals surface area contributed by atoms with E-state index in [0.717, 1.165) is 0 Å². The van der Waals surface area contributed by atoms with Gasteiger partial charge in [0.1, 0.15) is 17.4 Å². The number of hydrogen-bond donors (Lipinski definition) is 2. The Morgan fingerprint density at radius 1 is 1.47 bits per heavy atom. The van der Waals surface area contributed by atoms with E-state index in [1.165, 1.54) is 6.07 Å². The molecule has 0 bridgehead atoms. The Balaban J connectivity index is 2.75. The number of nitrogens with zero attached hydrogens (tertiary/aromatic N) is 2. The predicted molar refractivity (Wildman–Crippen MR) is 64.1 cm³/mol. The fourth-order valence-electron chi connectivity index (χ4n) is 1.98. The molecule has 0 aliphatic heterocycles. The molecule has 1 atom stereocenters. The molecule has 1 aromatic heterocycles. The van der Waals surface area contributed by atoms with Crippen molar-refractivity contribution in [3.63, 3.8) is 0 Å². The predicted octanol–water partition coefficient (Wildman–Crippen LogP) is 1.75. The van der Waals surface area contributed by atoms with Gasteiger partial charge in [0.2, 0.25) is 0 Å². The molecule has 1 aromatic carbocycles. The van der Waals surface area contributed by atoms with Gasteiger partial charge in [-0.15, -0.1) is 0 Å². The van der Waals surface area contributed by atoms with Crippen LogP contribution in [0.5, 0.6) is 0 Å². The second-order valence-corrected chi connectivity index (χ2v) is 4.29. The van der Waals surface area contributed by atoms with E-state index in [2.05, 4.69) is 4.98 Å². The third-order valence-electron chi connectivity index (χ3n) is 2.74. The molecule has 0 radical (unpaired) electrons. The monoisotopic (exact) mass is 237 g/mol. The van der Waals surface area contributed by atoms with E-state index >= 15 is 0 Å². The second-order valence-electron chi connectivity index (χ2n) is 4.29. The van der Waals surface area contributed by atoms with Crippen molar-refractivity contribution in [1.29, 1.82) is 0 Å². The van der Waals surface area contributed by atoms with Crippen molar-refractivity contribution in [1.82, 2.24) is 9.55 Å². The van der Waals surface area contributed by atoms with Crippen LogP contribution in [-0.2, 0) is 0 Å². The first-order valence-corrected chi connectivity index (χ1v) is 5.60. The van der Waals surface area contributed by atoms with Crippen LogP contribution in [0.4, 0.5) is 4.39 Å². The van der Waals surface area contributed by atoms with Gasteiger partial charge in [0.25, 0.3) is 0 Å².